The third kappa shape index (κ3) is 3.94. The zero-order valence-electron chi connectivity index (χ0n) is 10.6. The van der Waals surface area contributed by atoms with Crippen molar-refractivity contribution in [3.63, 3.8) is 0 Å². The molecule has 0 heterocycles. The van der Waals surface area contributed by atoms with Gasteiger partial charge >= 0.3 is 6.03 Å². The summed E-state index contributed by atoms with van der Waals surface area (Å²) in [6.07, 6.45) is 4.39. The van der Waals surface area contributed by atoms with Crippen LogP contribution in [0, 0.1) is 10.1 Å². The summed E-state index contributed by atoms with van der Waals surface area (Å²) in [5.41, 5.74) is 0.756. The van der Waals surface area contributed by atoms with E-state index in [1.165, 1.54) is 12.1 Å². The molecule has 1 aromatic rings. The van der Waals surface area contributed by atoms with Crippen LogP contribution in [0.25, 0.3) is 0 Å². The topological polar surface area (TPSA) is 84.3 Å². The molecule has 2 amide bonds. The molecular weight excluding hydrogens is 246 g/mol. The number of nitro groups is 1. The lowest BCUT2D eigenvalue weighted by Crippen LogP contribution is -2.40. The van der Waals surface area contributed by atoms with E-state index in [0.717, 1.165) is 31.2 Å². The molecule has 1 aliphatic rings. The molecule has 0 unspecified atom stereocenters. The first kappa shape index (κ1) is 13.3. The van der Waals surface area contributed by atoms with Gasteiger partial charge in [0.1, 0.15) is 0 Å². The van der Waals surface area contributed by atoms with Crippen LogP contribution in [-0.2, 0) is 6.54 Å². The largest absolute Gasteiger partial charge is 0.335 e. The number of nitrogens with one attached hydrogen (secondary N) is 2. The maximum Gasteiger partial charge on any atom is 0.315 e. The number of hydrogen-bond acceptors (Lipinski definition) is 3. The number of benzene rings is 1. The lowest BCUT2D eigenvalue weighted by Gasteiger charge is -2.12. The Morgan fingerprint density at radius 2 is 2.11 bits per heavy atom. The summed E-state index contributed by atoms with van der Waals surface area (Å²) >= 11 is 0. The maximum atomic E-state index is 11.6. The summed E-state index contributed by atoms with van der Waals surface area (Å²) in [5, 5.41) is 16.2. The summed E-state index contributed by atoms with van der Waals surface area (Å²) in [7, 11) is 0. The fraction of sp³-hybridized carbons (Fsp3) is 0.462. The highest BCUT2D eigenvalue weighted by Crippen LogP contribution is 2.17. The first-order valence-corrected chi connectivity index (χ1v) is 6.43. The van der Waals surface area contributed by atoms with Gasteiger partial charge in [-0.05, 0) is 18.4 Å². The Morgan fingerprint density at radius 3 is 2.79 bits per heavy atom. The highest BCUT2D eigenvalue weighted by molar-refractivity contribution is 5.74. The molecule has 1 aliphatic carbocycles. The Labute approximate surface area is 111 Å². The van der Waals surface area contributed by atoms with E-state index in [1.807, 2.05) is 0 Å². The Kier molecular flexibility index (Phi) is 4.33. The van der Waals surface area contributed by atoms with Gasteiger partial charge in [0.05, 0.1) is 4.92 Å². The number of urea groups is 1. The fourth-order valence-electron chi connectivity index (χ4n) is 2.27. The molecule has 6 heteroatoms. The summed E-state index contributed by atoms with van der Waals surface area (Å²) < 4.78 is 0. The van der Waals surface area contributed by atoms with Crippen molar-refractivity contribution in [3.05, 3.63) is 39.9 Å². The molecule has 6 nitrogen and oxygen atoms in total. The standard InChI is InChI=1S/C13H17N3O3/c17-13(15-11-5-1-2-6-11)14-9-10-4-3-7-12(8-10)16(18)19/h3-4,7-8,11H,1-2,5-6,9H2,(H2,14,15,17). The number of carbonyl (C=O) groups excluding carboxylic acids is 1. The number of non-ortho nitro benzene ring substituents is 1. The average molecular weight is 263 g/mol. The number of amides is 2. The van der Waals surface area contributed by atoms with Gasteiger partial charge in [0.25, 0.3) is 5.69 Å². The molecule has 19 heavy (non-hydrogen) atoms. The second-order valence-electron chi connectivity index (χ2n) is 4.74. The summed E-state index contributed by atoms with van der Waals surface area (Å²) in [6.45, 7) is 0.292. The minimum atomic E-state index is -0.442. The molecule has 0 aromatic heterocycles. The number of nitro benzene ring substituents is 1. The van der Waals surface area contributed by atoms with Gasteiger partial charge < -0.3 is 10.6 Å². The van der Waals surface area contributed by atoms with Crippen LogP contribution in [-0.4, -0.2) is 17.0 Å². The Balaban J connectivity index is 1.82. The summed E-state index contributed by atoms with van der Waals surface area (Å²) in [4.78, 5) is 21.8. The maximum absolute atomic E-state index is 11.6. The van der Waals surface area contributed by atoms with Crippen molar-refractivity contribution < 1.29 is 9.72 Å². The number of rotatable bonds is 4. The molecule has 0 radical (unpaired) electrons. The van der Waals surface area contributed by atoms with Gasteiger partial charge in [-0.25, -0.2) is 4.79 Å². The van der Waals surface area contributed by atoms with Crippen LogP contribution in [0.1, 0.15) is 31.2 Å². The molecule has 2 N–H and O–H groups in total. The van der Waals surface area contributed by atoms with Gasteiger partial charge in [-0.1, -0.05) is 25.0 Å². The second-order valence-corrected chi connectivity index (χ2v) is 4.74. The van der Waals surface area contributed by atoms with Gasteiger partial charge in [0.15, 0.2) is 0 Å². The summed E-state index contributed by atoms with van der Waals surface area (Å²) in [6, 6.07) is 6.33. The molecule has 2 rings (SSSR count). The zero-order valence-corrected chi connectivity index (χ0v) is 10.6. The normalized spacial score (nSPS) is 15.2. The third-order valence-electron chi connectivity index (χ3n) is 3.26. The highest BCUT2D eigenvalue weighted by Gasteiger charge is 2.16. The van der Waals surface area contributed by atoms with Gasteiger partial charge in [0.2, 0.25) is 0 Å². The molecule has 102 valence electrons. The predicted octanol–water partition coefficient (Wildman–Crippen LogP) is 2.34. The molecule has 1 saturated carbocycles. The smallest absolute Gasteiger partial charge is 0.315 e. The fourth-order valence-corrected chi connectivity index (χ4v) is 2.27. The van der Waals surface area contributed by atoms with Crippen LogP contribution in [0.5, 0.6) is 0 Å². The molecule has 0 bridgehead atoms. The third-order valence-corrected chi connectivity index (χ3v) is 3.26. The first-order valence-electron chi connectivity index (χ1n) is 6.43. The molecule has 0 saturated heterocycles. The van der Waals surface area contributed by atoms with Crippen molar-refractivity contribution >= 4 is 11.7 Å². The van der Waals surface area contributed by atoms with Crippen molar-refractivity contribution in [2.24, 2.45) is 0 Å². The number of nitrogens with zero attached hydrogens (tertiary/aromatic N) is 1. The van der Waals surface area contributed by atoms with Gasteiger partial charge in [-0.3, -0.25) is 10.1 Å². The van der Waals surface area contributed by atoms with E-state index in [9.17, 15) is 14.9 Å². The Hall–Kier alpha value is -2.11. The first-order chi connectivity index (χ1) is 9.15. The summed E-state index contributed by atoms with van der Waals surface area (Å²) in [5.74, 6) is 0. The average Bonchev–Trinajstić information content (AvgIpc) is 2.89. The predicted molar refractivity (Wildman–Crippen MR) is 70.7 cm³/mol. The van der Waals surface area contributed by atoms with Crippen LogP contribution in [0.4, 0.5) is 10.5 Å². The SMILES string of the molecule is O=C(NCc1cccc([N+](=O)[O-])c1)NC1CCCC1. The molecule has 1 aromatic carbocycles. The monoisotopic (exact) mass is 263 g/mol. The zero-order chi connectivity index (χ0) is 13.7. The van der Waals surface area contributed by atoms with E-state index in [-0.39, 0.29) is 17.8 Å². The van der Waals surface area contributed by atoms with Crippen molar-refractivity contribution in [2.75, 3.05) is 0 Å². The molecule has 0 atom stereocenters. The minimum absolute atomic E-state index is 0.0375. The van der Waals surface area contributed by atoms with Gasteiger partial charge in [-0.2, -0.15) is 0 Å². The Bertz CT molecular complexity index is 470. The van der Waals surface area contributed by atoms with Crippen molar-refractivity contribution in [1.82, 2.24) is 10.6 Å². The van der Waals surface area contributed by atoms with E-state index in [0.29, 0.717) is 6.54 Å². The van der Waals surface area contributed by atoms with Crippen LogP contribution in [0.2, 0.25) is 0 Å². The van der Waals surface area contributed by atoms with Crippen molar-refractivity contribution in [3.8, 4) is 0 Å². The molecule has 1 fully saturated rings. The van der Waals surface area contributed by atoms with E-state index < -0.39 is 4.92 Å². The van der Waals surface area contributed by atoms with Crippen molar-refractivity contribution in [2.45, 2.75) is 38.3 Å². The lowest BCUT2D eigenvalue weighted by molar-refractivity contribution is -0.384. The second kappa shape index (κ2) is 6.17. The van der Waals surface area contributed by atoms with Crippen LogP contribution >= 0.6 is 0 Å². The quantitative estimate of drug-likeness (QED) is 0.646. The molecular formula is C13H17N3O3. The van der Waals surface area contributed by atoms with E-state index >= 15 is 0 Å². The van der Waals surface area contributed by atoms with Crippen LogP contribution < -0.4 is 10.6 Å². The molecule has 0 aliphatic heterocycles. The number of carbonyl (C=O) groups is 1. The van der Waals surface area contributed by atoms with Gasteiger partial charge in [0, 0.05) is 24.7 Å². The Morgan fingerprint density at radius 1 is 1.37 bits per heavy atom. The van der Waals surface area contributed by atoms with Gasteiger partial charge in [-0.15, -0.1) is 0 Å². The molecule has 0 spiro atoms. The highest BCUT2D eigenvalue weighted by atomic mass is 16.6. The van der Waals surface area contributed by atoms with E-state index in [1.54, 1.807) is 12.1 Å². The lowest BCUT2D eigenvalue weighted by atomic mass is 10.2. The van der Waals surface area contributed by atoms with Crippen LogP contribution in [0.3, 0.4) is 0 Å². The van der Waals surface area contributed by atoms with E-state index in [2.05, 4.69) is 10.6 Å². The number of hydrogen-bond donors (Lipinski definition) is 2. The van der Waals surface area contributed by atoms with E-state index in [4.69, 9.17) is 0 Å². The van der Waals surface area contributed by atoms with Crippen molar-refractivity contribution in [1.29, 1.82) is 0 Å². The minimum Gasteiger partial charge on any atom is -0.335 e. The van der Waals surface area contributed by atoms with Crippen LogP contribution in [0.15, 0.2) is 24.3 Å².